The normalized spacial score (nSPS) is 10.2. The van der Waals surface area contributed by atoms with Gasteiger partial charge < -0.3 is 4.74 Å². The number of aromatic nitrogens is 1. The van der Waals surface area contributed by atoms with E-state index in [0.717, 1.165) is 0 Å². The summed E-state index contributed by atoms with van der Waals surface area (Å²) >= 11 is 1.22. The largest absolute Gasteiger partial charge is 0.493 e. The first kappa shape index (κ1) is 11.7. The van der Waals surface area contributed by atoms with E-state index in [1.807, 2.05) is 6.92 Å². The van der Waals surface area contributed by atoms with Gasteiger partial charge in [0.25, 0.3) is 0 Å². The summed E-state index contributed by atoms with van der Waals surface area (Å²) in [5, 5.41) is 2.08. The zero-order valence-corrected chi connectivity index (χ0v) is 9.96. The van der Waals surface area contributed by atoms with Gasteiger partial charge in [0.1, 0.15) is 11.6 Å². The molecule has 0 atom stereocenters. The molecule has 0 unspecified atom stereocenters. The van der Waals surface area contributed by atoms with E-state index in [2.05, 4.69) is 4.98 Å². The number of nitrogens with zero attached hydrogens (tertiary/aromatic N) is 1. The molecule has 17 heavy (non-hydrogen) atoms. The van der Waals surface area contributed by atoms with Crippen molar-refractivity contribution in [2.24, 2.45) is 0 Å². The van der Waals surface area contributed by atoms with Crippen LogP contribution in [0.1, 0.15) is 16.7 Å². The van der Waals surface area contributed by atoms with E-state index in [9.17, 15) is 9.18 Å². The molecule has 1 aromatic carbocycles. The van der Waals surface area contributed by atoms with Crippen LogP contribution in [0.4, 0.5) is 4.39 Å². The molecule has 0 spiro atoms. The molecule has 0 amide bonds. The fourth-order valence-electron chi connectivity index (χ4n) is 1.45. The average molecular weight is 251 g/mol. The van der Waals surface area contributed by atoms with E-state index >= 15 is 0 Å². The van der Waals surface area contributed by atoms with Gasteiger partial charge in [-0.3, -0.25) is 4.79 Å². The molecule has 2 aromatic rings. The van der Waals surface area contributed by atoms with Crippen molar-refractivity contribution in [2.45, 2.75) is 6.92 Å². The van der Waals surface area contributed by atoms with Gasteiger partial charge in [0.2, 0.25) is 0 Å². The molecule has 0 radical (unpaired) electrons. The minimum Gasteiger partial charge on any atom is -0.493 e. The lowest BCUT2D eigenvalue weighted by Crippen LogP contribution is -1.95. The van der Waals surface area contributed by atoms with Gasteiger partial charge in [0.15, 0.2) is 11.3 Å². The summed E-state index contributed by atoms with van der Waals surface area (Å²) < 4.78 is 18.6. The quantitative estimate of drug-likeness (QED) is 0.783. The first-order valence-electron chi connectivity index (χ1n) is 5.08. The highest BCUT2D eigenvalue weighted by molar-refractivity contribution is 7.11. The molecule has 0 bridgehead atoms. The van der Waals surface area contributed by atoms with Crippen LogP contribution in [0.2, 0.25) is 0 Å². The number of thiazole rings is 1. The Morgan fingerprint density at radius 2 is 2.35 bits per heavy atom. The molecule has 0 saturated carbocycles. The molecule has 0 saturated heterocycles. The third-order valence-corrected chi connectivity index (χ3v) is 2.91. The summed E-state index contributed by atoms with van der Waals surface area (Å²) in [5.74, 6) is 0.209. The molecule has 1 heterocycles. The van der Waals surface area contributed by atoms with Gasteiger partial charge >= 0.3 is 0 Å². The predicted molar refractivity (Wildman–Crippen MR) is 64.1 cm³/mol. The first-order chi connectivity index (χ1) is 8.24. The second-order valence-corrected chi connectivity index (χ2v) is 4.15. The summed E-state index contributed by atoms with van der Waals surface area (Å²) in [4.78, 5) is 14.7. The number of carbonyl (C=O) groups excluding carboxylic acids is 1. The Hall–Kier alpha value is -1.75. The third-order valence-electron chi connectivity index (χ3n) is 2.14. The number of ether oxygens (including phenoxy) is 1. The maximum Gasteiger partial charge on any atom is 0.178 e. The number of aldehydes is 1. The molecule has 2 rings (SSSR count). The molecule has 0 aliphatic heterocycles. The van der Waals surface area contributed by atoms with Gasteiger partial charge in [0.05, 0.1) is 12.3 Å². The van der Waals surface area contributed by atoms with Gasteiger partial charge in [-0.1, -0.05) is 0 Å². The molecule has 0 N–H and O–H groups in total. The van der Waals surface area contributed by atoms with Gasteiger partial charge in [-0.05, 0) is 25.1 Å². The van der Waals surface area contributed by atoms with Crippen molar-refractivity contribution in [1.29, 1.82) is 0 Å². The Kier molecular flexibility index (Phi) is 3.49. The van der Waals surface area contributed by atoms with E-state index in [1.165, 1.54) is 23.5 Å². The summed E-state index contributed by atoms with van der Waals surface area (Å²) in [6, 6.07) is 4.25. The van der Waals surface area contributed by atoms with E-state index in [1.54, 1.807) is 11.4 Å². The van der Waals surface area contributed by atoms with Crippen molar-refractivity contribution in [1.82, 2.24) is 4.98 Å². The topological polar surface area (TPSA) is 39.2 Å². The molecule has 5 heteroatoms. The molecular weight excluding hydrogens is 241 g/mol. The summed E-state index contributed by atoms with van der Waals surface area (Å²) in [5.41, 5.74) is 1.12. The Balaban J connectivity index is 2.48. The monoisotopic (exact) mass is 251 g/mol. The zero-order valence-electron chi connectivity index (χ0n) is 9.14. The Morgan fingerprint density at radius 1 is 1.53 bits per heavy atom. The lowest BCUT2D eigenvalue weighted by molar-refractivity contribution is 0.112. The fourth-order valence-corrected chi connectivity index (χ4v) is 2.07. The smallest absolute Gasteiger partial charge is 0.178 e. The van der Waals surface area contributed by atoms with Crippen LogP contribution in [-0.4, -0.2) is 17.9 Å². The Labute approximate surface area is 102 Å². The van der Waals surface area contributed by atoms with Crippen LogP contribution in [0.15, 0.2) is 23.6 Å². The predicted octanol–water partition coefficient (Wildman–Crippen LogP) is 3.16. The third kappa shape index (κ3) is 2.50. The van der Waals surface area contributed by atoms with Crippen molar-refractivity contribution in [2.75, 3.05) is 6.61 Å². The SMILES string of the molecule is CCOc1ccc(F)cc1-c1csc(C=O)n1. The van der Waals surface area contributed by atoms with Crippen molar-refractivity contribution < 1.29 is 13.9 Å². The van der Waals surface area contributed by atoms with Crippen LogP contribution in [0, 0.1) is 5.82 Å². The summed E-state index contributed by atoms with van der Waals surface area (Å²) in [6.45, 7) is 2.34. The van der Waals surface area contributed by atoms with E-state index < -0.39 is 0 Å². The van der Waals surface area contributed by atoms with Crippen molar-refractivity contribution >= 4 is 17.6 Å². The van der Waals surface area contributed by atoms with E-state index in [0.29, 0.717) is 34.9 Å². The number of hydrogen-bond donors (Lipinski definition) is 0. The second-order valence-electron chi connectivity index (χ2n) is 3.26. The maximum absolute atomic E-state index is 13.2. The highest BCUT2D eigenvalue weighted by Gasteiger charge is 2.11. The lowest BCUT2D eigenvalue weighted by atomic mass is 10.1. The zero-order chi connectivity index (χ0) is 12.3. The highest BCUT2D eigenvalue weighted by Crippen LogP contribution is 2.31. The van der Waals surface area contributed by atoms with Gasteiger partial charge in [-0.15, -0.1) is 11.3 Å². The average Bonchev–Trinajstić information content (AvgIpc) is 2.80. The lowest BCUT2D eigenvalue weighted by Gasteiger charge is -2.08. The van der Waals surface area contributed by atoms with Crippen molar-refractivity contribution in [3.05, 3.63) is 34.4 Å². The minimum absolute atomic E-state index is 0.357. The molecular formula is C12H10FNO2S. The van der Waals surface area contributed by atoms with Crippen LogP contribution >= 0.6 is 11.3 Å². The van der Waals surface area contributed by atoms with Gasteiger partial charge in [-0.2, -0.15) is 0 Å². The number of rotatable bonds is 4. The highest BCUT2D eigenvalue weighted by atomic mass is 32.1. The van der Waals surface area contributed by atoms with E-state index in [-0.39, 0.29) is 5.82 Å². The number of hydrogen-bond acceptors (Lipinski definition) is 4. The molecule has 0 aliphatic carbocycles. The molecule has 0 aliphatic rings. The van der Waals surface area contributed by atoms with Gasteiger partial charge in [0, 0.05) is 10.9 Å². The fraction of sp³-hybridized carbons (Fsp3) is 0.167. The van der Waals surface area contributed by atoms with Crippen molar-refractivity contribution in [3.63, 3.8) is 0 Å². The molecule has 3 nitrogen and oxygen atoms in total. The molecule has 0 fully saturated rings. The Morgan fingerprint density at radius 3 is 3.00 bits per heavy atom. The van der Waals surface area contributed by atoms with E-state index in [4.69, 9.17) is 4.74 Å². The second kappa shape index (κ2) is 5.05. The first-order valence-corrected chi connectivity index (χ1v) is 5.96. The molecule has 88 valence electrons. The minimum atomic E-state index is -0.357. The van der Waals surface area contributed by atoms with Crippen LogP contribution in [0.5, 0.6) is 5.75 Å². The summed E-state index contributed by atoms with van der Waals surface area (Å²) in [6.07, 6.45) is 0.674. The summed E-state index contributed by atoms with van der Waals surface area (Å²) in [7, 11) is 0. The van der Waals surface area contributed by atoms with Crippen LogP contribution in [-0.2, 0) is 0 Å². The van der Waals surface area contributed by atoms with Gasteiger partial charge in [-0.25, -0.2) is 9.37 Å². The Bertz CT molecular complexity index is 539. The maximum atomic E-state index is 13.2. The van der Waals surface area contributed by atoms with Crippen LogP contribution < -0.4 is 4.74 Å². The van der Waals surface area contributed by atoms with Crippen LogP contribution in [0.3, 0.4) is 0 Å². The number of halogens is 1. The number of carbonyl (C=O) groups is 1. The van der Waals surface area contributed by atoms with Crippen molar-refractivity contribution in [3.8, 4) is 17.0 Å². The van der Waals surface area contributed by atoms with Crippen LogP contribution in [0.25, 0.3) is 11.3 Å². The molecule has 1 aromatic heterocycles. The standard InChI is InChI=1S/C12H10FNO2S/c1-2-16-11-4-3-8(13)5-9(11)10-7-17-12(6-15)14-10/h3-7H,2H2,1H3. The number of benzene rings is 1.